The third kappa shape index (κ3) is 3.27. The van der Waals surface area contributed by atoms with Crippen LogP contribution in [0.25, 0.3) is 0 Å². The van der Waals surface area contributed by atoms with Gasteiger partial charge in [0, 0.05) is 19.6 Å². The van der Waals surface area contributed by atoms with Crippen molar-refractivity contribution >= 4 is 23.1 Å². The Morgan fingerprint density at radius 1 is 1.35 bits per heavy atom. The second kappa shape index (κ2) is 6.38. The lowest BCUT2D eigenvalue weighted by Crippen LogP contribution is -2.32. The summed E-state index contributed by atoms with van der Waals surface area (Å²) in [7, 11) is 0. The first kappa shape index (κ1) is 14.3. The molecule has 1 amide bonds. The summed E-state index contributed by atoms with van der Waals surface area (Å²) in [6.07, 6.45) is 1.07. The van der Waals surface area contributed by atoms with E-state index in [0.29, 0.717) is 16.9 Å². The third-order valence-corrected chi connectivity index (χ3v) is 3.40. The van der Waals surface area contributed by atoms with Crippen molar-refractivity contribution in [1.29, 1.82) is 0 Å². The number of amides is 1. The van der Waals surface area contributed by atoms with Crippen molar-refractivity contribution in [2.75, 3.05) is 31.9 Å². The number of nitrogens with two attached hydrogens (primary N) is 2. The van der Waals surface area contributed by atoms with E-state index >= 15 is 0 Å². The zero-order valence-electron chi connectivity index (χ0n) is 11.7. The second-order valence-corrected chi connectivity index (χ2v) is 4.86. The summed E-state index contributed by atoms with van der Waals surface area (Å²) in [5, 5.41) is 3.34. The van der Waals surface area contributed by atoms with Gasteiger partial charge in [0.1, 0.15) is 11.5 Å². The number of benzene rings is 1. The summed E-state index contributed by atoms with van der Waals surface area (Å²) in [6.45, 7) is 5.72. The van der Waals surface area contributed by atoms with E-state index in [1.165, 1.54) is 0 Å². The molecule has 0 radical (unpaired) electrons. The van der Waals surface area contributed by atoms with Gasteiger partial charge < -0.3 is 21.7 Å². The first-order valence-electron chi connectivity index (χ1n) is 6.79. The van der Waals surface area contributed by atoms with Crippen molar-refractivity contribution in [2.24, 2.45) is 10.7 Å². The molecule has 0 unspecified atom stereocenters. The van der Waals surface area contributed by atoms with Crippen molar-refractivity contribution in [2.45, 2.75) is 13.3 Å². The van der Waals surface area contributed by atoms with Gasteiger partial charge in [0.25, 0.3) is 5.91 Å². The van der Waals surface area contributed by atoms with Crippen molar-refractivity contribution in [3.63, 3.8) is 0 Å². The number of amidine groups is 1. The van der Waals surface area contributed by atoms with Crippen molar-refractivity contribution in [3.8, 4) is 0 Å². The number of nitrogens with one attached hydrogen (secondary N) is 1. The molecule has 5 N–H and O–H groups in total. The van der Waals surface area contributed by atoms with Crippen LogP contribution in [-0.2, 0) is 0 Å². The summed E-state index contributed by atoms with van der Waals surface area (Å²) >= 11 is 0. The maximum absolute atomic E-state index is 11.5. The molecule has 0 aliphatic carbocycles. The second-order valence-electron chi connectivity index (χ2n) is 4.86. The summed E-state index contributed by atoms with van der Waals surface area (Å²) < 4.78 is 0. The third-order valence-electron chi connectivity index (χ3n) is 3.40. The number of carbonyl (C=O) groups excluding carboxylic acids is 1. The number of nitrogen functional groups attached to an aromatic ring is 1. The van der Waals surface area contributed by atoms with Crippen molar-refractivity contribution in [1.82, 2.24) is 10.2 Å². The summed E-state index contributed by atoms with van der Waals surface area (Å²) in [5.41, 5.74) is 12.6. The number of aliphatic imine (C=N–C) groups is 1. The normalized spacial score (nSPS) is 16.9. The molecule has 1 heterocycles. The standard InChI is InChI=1S/C14H21N5O/c1-10(19-8-3-6-17-7-9-19)18-13-11(14(16)20)4-2-5-12(13)15/h2,4-5,17H,3,6-9,15H2,1H3,(H2,16,20). The molecule has 1 aliphatic heterocycles. The molecule has 0 aromatic heterocycles. The molecule has 1 fully saturated rings. The Balaban J connectivity index is 2.31. The number of anilines is 1. The average Bonchev–Trinajstić information content (AvgIpc) is 2.69. The summed E-state index contributed by atoms with van der Waals surface area (Å²) in [4.78, 5) is 18.2. The van der Waals surface area contributed by atoms with Crippen LogP contribution in [-0.4, -0.2) is 42.8 Å². The number of rotatable bonds is 2. The van der Waals surface area contributed by atoms with Crippen molar-refractivity contribution in [3.05, 3.63) is 23.8 Å². The molecule has 0 spiro atoms. The molecule has 108 valence electrons. The van der Waals surface area contributed by atoms with Gasteiger partial charge in [-0.05, 0) is 32.0 Å². The lowest BCUT2D eigenvalue weighted by atomic mass is 10.1. The number of primary amides is 1. The van der Waals surface area contributed by atoms with E-state index in [0.717, 1.165) is 38.4 Å². The number of para-hydroxylation sites is 1. The number of hydrogen-bond donors (Lipinski definition) is 3. The van der Waals surface area contributed by atoms with Gasteiger partial charge in [-0.3, -0.25) is 4.79 Å². The van der Waals surface area contributed by atoms with E-state index in [-0.39, 0.29) is 0 Å². The summed E-state index contributed by atoms with van der Waals surface area (Å²) in [6, 6.07) is 5.08. The molecule has 0 atom stereocenters. The molecule has 20 heavy (non-hydrogen) atoms. The Bertz CT molecular complexity index is 518. The van der Waals surface area contributed by atoms with Crippen molar-refractivity contribution < 1.29 is 4.79 Å². The molecule has 1 aromatic rings. The van der Waals surface area contributed by atoms with Crippen LogP contribution in [0.3, 0.4) is 0 Å². The van der Waals surface area contributed by atoms with Crippen LogP contribution in [0.15, 0.2) is 23.2 Å². The maximum Gasteiger partial charge on any atom is 0.250 e. The number of carbonyl (C=O) groups is 1. The molecule has 6 nitrogen and oxygen atoms in total. The predicted octanol–water partition coefficient (Wildman–Crippen LogP) is 0.713. The van der Waals surface area contributed by atoms with Gasteiger partial charge in [-0.1, -0.05) is 6.07 Å². The van der Waals surface area contributed by atoms with Gasteiger partial charge in [0.05, 0.1) is 11.3 Å². The highest BCUT2D eigenvalue weighted by atomic mass is 16.1. The van der Waals surface area contributed by atoms with E-state index in [1.54, 1.807) is 18.2 Å². The maximum atomic E-state index is 11.5. The van der Waals surface area contributed by atoms with Crippen LogP contribution in [0.4, 0.5) is 11.4 Å². The monoisotopic (exact) mass is 275 g/mol. The van der Waals surface area contributed by atoms with E-state index < -0.39 is 5.91 Å². The minimum absolute atomic E-state index is 0.359. The summed E-state index contributed by atoms with van der Waals surface area (Å²) in [5.74, 6) is 0.343. The molecular weight excluding hydrogens is 254 g/mol. The van der Waals surface area contributed by atoms with Gasteiger partial charge in [-0.15, -0.1) is 0 Å². The smallest absolute Gasteiger partial charge is 0.250 e. The number of hydrogen-bond acceptors (Lipinski definition) is 4. The first-order valence-corrected chi connectivity index (χ1v) is 6.79. The minimum atomic E-state index is -0.513. The largest absolute Gasteiger partial charge is 0.397 e. The van der Waals surface area contributed by atoms with Crippen LogP contribution in [0.2, 0.25) is 0 Å². The lowest BCUT2D eigenvalue weighted by molar-refractivity contribution is 0.100. The van der Waals surface area contributed by atoms with Gasteiger partial charge in [-0.25, -0.2) is 4.99 Å². The van der Waals surface area contributed by atoms with Gasteiger partial charge in [0.15, 0.2) is 0 Å². The first-order chi connectivity index (χ1) is 9.59. The Morgan fingerprint density at radius 2 is 2.15 bits per heavy atom. The SMILES string of the molecule is CC(=Nc1c(N)cccc1C(N)=O)N1CCCNCC1. The van der Waals surface area contributed by atoms with Gasteiger partial charge >= 0.3 is 0 Å². The van der Waals surface area contributed by atoms with E-state index in [9.17, 15) is 4.79 Å². The molecule has 0 saturated carbocycles. The number of nitrogens with zero attached hydrogens (tertiary/aromatic N) is 2. The molecule has 2 rings (SSSR count). The Kier molecular flexibility index (Phi) is 4.57. The van der Waals surface area contributed by atoms with Gasteiger partial charge in [0.2, 0.25) is 0 Å². The quantitative estimate of drug-likeness (QED) is 0.421. The molecule has 1 aromatic carbocycles. The van der Waals surface area contributed by atoms with Gasteiger partial charge in [-0.2, -0.15) is 0 Å². The molecule has 1 saturated heterocycles. The Labute approximate surface area is 118 Å². The zero-order valence-corrected chi connectivity index (χ0v) is 11.7. The van der Waals surface area contributed by atoms with E-state index in [2.05, 4.69) is 15.2 Å². The topological polar surface area (TPSA) is 96.7 Å². The molecule has 1 aliphatic rings. The van der Waals surface area contributed by atoms with Crippen LogP contribution < -0.4 is 16.8 Å². The van der Waals surface area contributed by atoms with E-state index in [4.69, 9.17) is 11.5 Å². The van der Waals surface area contributed by atoms with E-state index in [1.807, 2.05) is 6.92 Å². The van der Waals surface area contributed by atoms with Crippen LogP contribution in [0, 0.1) is 0 Å². The fourth-order valence-electron chi connectivity index (χ4n) is 2.29. The Hall–Kier alpha value is -2.08. The Morgan fingerprint density at radius 3 is 2.90 bits per heavy atom. The zero-order chi connectivity index (χ0) is 14.5. The van der Waals surface area contributed by atoms with Crippen LogP contribution >= 0.6 is 0 Å². The molecular formula is C14H21N5O. The highest BCUT2D eigenvalue weighted by Gasteiger charge is 2.14. The fourth-order valence-corrected chi connectivity index (χ4v) is 2.29. The highest BCUT2D eigenvalue weighted by Crippen LogP contribution is 2.27. The molecule has 0 bridgehead atoms. The fraction of sp³-hybridized carbons (Fsp3) is 0.429. The van der Waals surface area contributed by atoms with Crippen LogP contribution in [0.5, 0.6) is 0 Å². The van der Waals surface area contributed by atoms with Crippen LogP contribution in [0.1, 0.15) is 23.7 Å². The average molecular weight is 275 g/mol. The molecule has 6 heteroatoms. The highest BCUT2D eigenvalue weighted by molar-refractivity contribution is 6.01. The lowest BCUT2D eigenvalue weighted by Gasteiger charge is -2.22. The minimum Gasteiger partial charge on any atom is -0.397 e. The predicted molar refractivity (Wildman–Crippen MR) is 81.2 cm³/mol.